The van der Waals surface area contributed by atoms with Crippen LogP contribution in [0.15, 0.2) is 86.5 Å². The number of nitrogens with zero attached hydrogens (tertiary/aromatic N) is 2. The van der Waals surface area contributed by atoms with Crippen LogP contribution in [0.3, 0.4) is 0 Å². The Balaban J connectivity index is 0.000000426. The van der Waals surface area contributed by atoms with E-state index in [1.807, 2.05) is 12.2 Å². The SMILES string of the molecule is C=Cc1cc[n+](Cc2ccc(C[n+]3ccc(C=C)cc3)cc2)cc1.F[P-](F)(F)(F)(F)F.F[P-](F)(F)(F)(F)F. The second-order valence-electron chi connectivity index (χ2n) is 7.75. The van der Waals surface area contributed by atoms with Crippen molar-refractivity contribution < 1.29 is 59.5 Å². The van der Waals surface area contributed by atoms with Crippen LogP contribution in [0.25, 0.3) is 12.2 Å². The van der Waals surface area contributed by atoms with E-state index < -0.39 is 15.6 Å². The van der Waals surface area contributed by atoms with Gasteiger partial charge < -0.3 is 0 Å². The fraction of sp³-hybridized carbons (Fsp3) is 0.0909. The Labute approximate surface area is 209 Å². The third-order valence-electron chi connectivity index (χ3n) is 4.06. The van der Waals surface area contributed by atoms with E-state index >= 15 is 0 Å². The molecule has 2 nitrogen and oxygen atoms in total. The molecule has 0 aliphatic carbocycles. The molecule has 0 unspecified atom stereocenters. The fourth-order valence-corrected chi connectivity index (χ4v) is 2.59. The van der Waals surface area contributed by atoms with E-state index in [1.165, 1.54) is 11.1 Å². The van der Waals surface area contributed by atoms with Crippen LogP contribution in [0, 0.1) is 0 Å². The van der Waals surface area contributed by atoms with Crippen LogP contribution < -0.4 is 9.13 Å². The van der Waals surface area contributed by atoms with Crippen LogP contribution in [0.1, 0.15) is 22.3 Å². The van der Waals surface area contributed by atoms with Crippen molar-refractivity contribution in [2.45, 2.75) is 13.1 Å². The molecule has 0 aliphatic heterocycles. The third kappa shape index (κ3) is 22.2. The van der Waals surface area contributed by atoms with Crippen LogP contribution in [-0.2, 0) is 13.1 Å². The van der Waals surface area contributed by atoms with Gasteiger partial charge in [-0.3, -0.25) is 0 Å². The molecule has 0 amide bonds. The Morgan fingerprint density at radius 3 is 0.868 bits per heavy atom. The van der Waals surface area contributed by atoms with Crippen molar-refractivity contribution in [3.05, 3.63) is 109 Å². The molecule has 2 aromatic heterocycles. The molecule has 0 aliphatic rings. The normalized spacial score (nSPS) is 15.1. The molecule has 214 valence electrons. The monoisotopic (exact) mass is 604 g/mol. The first-order valence-electron chi connectivity index (χ1n) is 10.1. The first-order valence-corrected chi connectivity index (χ1v) is 14.2. The minimum atomic E-state index is -10.7. The number of aromatic nitrogens is 2. The fourth-order valence-electron chi connectivity index (χ4n) is 2.59. The number of rotatable bonds is 6. The molecular weight excluding hydrogens is 582 g/mol. The third-order valence-corrected chi connectivity index (χ3v) is 4.06. The summed E-state index contributed by atoms with van der Waals surface area (Å²) >= 11 is 0. The molecule has 0 bridgehead atoms. The predicted molar refractivity (Wildman–Crippen MR) is 125 cm³/mol. The van der Waals surface area contributed by atoms with Crippen molar-refractivity contribution in [1.82, 2.24) is 0 Å². The molecule has 0 saturated carbocycles. The molecule has 1 aromatic carbocycles. The van der Waals surface area contributed by atoms with Gasteiger partial charge in [-0.15, -0.1) is 0 Å². The Bertz CT molecular complexity index is 1110. The maximum absolute atomic E-state index is 10.7. The van der Waals surface area contributed by atoms with Crippen LogP contribution in [0.5, 0.6) is 0 Å². The maximum atomic E-state index is 9.87. The Kier molecular flexibility index (Phi) is 8.66. The summed E-state index contributed by atoms with van der Waals surface area (Å²) in [6.45, 7) is 9.31. The van der Waals surface area contributed by atoms with E-state index in [1.54, 1.807) is 0 Å². The first-order chi connectivity index (χ1) is 16.7. The molecule has 0 fully saturated rings. The standard InChI is InChI=1S/C22H22N2.2F6P/c1-3-19-9-13-23(14-10-19)17-21-5-7-22(8-6-21)18-24-15-11-20(4-2)12-16-24;2*1-7(2,3,4,5)6/h3-16H,1-2,17-18H2;;/q+2;2*-1. The summed E-state index contributed by atoms with van der Waals surface area (Å²) in [6.07, 6.45) is 12.1. The summed E-state index contributed by atoms with van der Waals surface area (Å²) in [4.78, 5) is 0. The zero-order chi connectivity index (χ0) is 29.6. The quantitative estimate of drug-likeness (QED) is 0.150. The van der Waals surface area contributed by atoms with E-state index in [4.69, 9.17) is 0 Å². The summed E-state index contributed by atoms with van der Waals surface area (Å²) in [5.41, 5.74) is 4.87. The van der Waals surface area contributed by atoms with Crippen molar-refractivity contribution in [3.8, 4) is 0 Å². The van der Waals surface area contributed by atoms with Gasteiger partial charge in [0, 0.05) is 35.4 Å². The molecule has 0 N–H and O–H groups in total. The molecule has 0 spiro atoms. The van der Waals surface area contributed by atoms with Crippen molar-refractivity contribution in [1.29, 1.82) is 0 Å². The second-order valence-corrected chi connectivity index (χ2v) is 11.6. The first kappa shape index (κ1) is 33.0. The summed E-state index contributed by atoms with van der Waals surface area (Å²) in [7, 11) is -21.3. The van der Waals surface area contributed by atoms with Gasteiger partial charge in [-0.2, -0.15) is 0 Å². The van der Waals surface area contributed by atoms with Crippen molar-refractivity contribution in [2.24, 2.45) is 0 Å². The molecule has 0 atom stereocenters. The van der Waals surface area contributed by atoms with Crippen LogP contribution >= 0.6 is 15.6 Å². The van der Waals surface area contributed by atoms with Gasteiger partial charge in [-0.05, 0) is 11.1 Å². The molecule has 38 heavy (non-hydrogen) atoms. The molecular formula is C22H22F12N2P2. The van der Waals surface area contributed by atoms with Gasteiger partial charge in [0.05, 0.1) is 0 Å². The van der Waals surface area contributed by atoms with Gasteiger partial charge >= 0.3 is 66.0 Å². The molecule has 3 aromatic rings. The van der Waals surface area contributed by atoms with E-state index in [9.17, 15) is 50.4 Å². The van der Waals surface area contributed by atoms with E-state index in [0.717, 1.165) is 24.2 Å². The number of halogens is 12. The zero-order valence-corrected chi connectivity index (χ0v) is 21.0. The summed E-state index contributed by atoms with van der Waals surface area (Å²) in [5.74, 6) is 0. The van der Waals surface area contributed by atoms with Crippen LogP contribution in [0.4, 0.5) is 50.4 Å². The number of hydrogen-bond donors (Lipinski definition) is 0. The van der Waals surface area contributed by atoms with Gasteiger partial charge in [0.2, 0.25) is 0 Å². The van der Waals surface area contributed by atoms with Gasteiger partial charge in [0.15, 0.2) is 37.9 Å². The molecule has 0 radical (unpaired) electrons. The van der Waals surface area contributed by atoms with Crippen LogP contribution in [-0.4, -0.2) is 0 Å². The predicted octanol–water partition coefficient (Wildman–Crippen LogP) is 10.4. The topological polar surface area (TPSA) is 7.76 Å². The Hall–Kier alpha value is -2.98. The molecule has 3 rings (SSSR count). The minimum absolute atomic E-state index is 0.874. The Morgan fingerprint density at radius 1 is 0.474 bits per heavy atom. The average Bonchev–Trinajstić information content (AvgIpc) is 2.72. The molecule has 2 heterocycles. The van der Waals surface area contributed by atoms with E-state index in [0.29, 0.717) is 0 Å². The number of benzene rings is 1. The number of hydrogen-bond acceptors (Lipinski definition) is 0. The van der Waals surface area contributed by atoms with E-state index in [2.05, 4.69) is 95.6 Å². The van der Waals surface area contributed by atoms with Gasteiger partial charge in [0.25, 0.3) is 0 Å². The van der Waals surface area contributed by atoms with Crippen molar-refractivity contribution in [3.63, 3.8) is 0 Å². The molecule has 0 saturated heterocycles. The summed E-state index contributed by atoms with van der Waals surface area (Å²) in [6, 6.07) is 17.1. The van der Waals surface area contributed by atoms with Gasteiger partial charge in [0.1, 0.15) is 0 Å². The Morgan fingerprint density at radius 2 is 0.684 bits per heavy atom. The zero-order valence-electron chi connectivity index (χ0n) is 19.2. The molecule has 16 heteroatoms. The van der Waals surface area contributed by atoms with Gasteiger partial charge in [-0.25, -0.2) is 9.13 Å². The second kappa shape index (κ2) is 9.96. The van der Waals surface area contributed by atoms with Crippen LogP contribution in [0.2, 0.25) is 0 Å². The van der Waals surface area contributed by atoms with Crippen molar-refractivity contribution >= 4 is 27.8 Å². The summed E-state index contributed by atoms with van der Waals surface area (Å²) < 4.78 is 123. The van der Waals surface area contributed by atoms with Gasteiger partial charge in [-0.1, -0.05) is 49.6 Å². The summed E-state index contributed by atoms with van der Waals surface area (Å²) in [5, 5.41) is 0. The van der Waals surface area contributed by atoms with E-state index in [-0.39, 0.29) is 0 Å². The van der Waals surface area contributed by atoms with Crippen molar-refractivity contribution in [2.75, 3.05) is 0 Å². The average molecular weight is 604 g/mol. The number of pyridine rings is 2.